The quantitative estimate of drug-likeness (QED) is 0.811. The van der Waals surface area contributed by atoms with Crippen molar-refractivity contribution in [2.45, 2.75) is 0 Å². The standard InChI is InChI=1S/C15H19FN2O3/c1-2-15(19)17-13-11-12(16)3-4-14(13)21-10-7-18-5-8-20-9-6-18/h2-4,11H,1,5-10H2,(H,17,19). The molecule has 0 unspecified atom stereocenters. The Labute approximate surface area is 123 Å². The summed E-state index contributed by atoms with van der Waals surface area (Å²) in [5, 5.41) is 2.53. The number of carbonyl (C=O) groups is 1. The molecule has 0 aromatic heterocycles. The Kier molecular flexibility index (Phi) is 5.71. The van der Waals surface area contributed by atoms with E-state index in [1.807, 2.05) is 0 Å². The maximum absolute atomic E-state index is 13.3. The molecule has 1 heterocycles. The van der Waals surface area contributed by atoms with Crippen LogP contribution < -0.4 is 10.1 Å². The Bertz CT molecular complexity index is 502. The van der Waals surface area contributed by atoms with Crippen LogP contribution in [0.4, 0.5) is 10.1 Å². The van der Waals surface area contributed by atoms with Crippen LogP contribution in [0.15, 0.2) is 30.9 Å². The maximum Gasteiger partial charge on any atom is 0.247 e. The SMILES string of the molecule is C=CC(=O)Nc1cc(F)ccc1OCCN1CCOCC1. The summed E-state index contributed by atoms with van der Waals surface area (Å²) in [6, 6.07) is 4.03. The van der Waals surface area contributed by atoms with Crippen molar-refractivity contribution in [3.05, 3.63) is 36.7 Å². The normalized spacial score (nSPS) is 15.5. The molecule has 2 rings (SSSR count). The second-order valence-electron chi connectivity index (χ2n) is 4.64. The second kappa shape index (κ2) is 7.75. The van der Waals surface area contributed by atoms with Gasteiger partial charge in [0, 0.05) is 25.7 Å². The van der Waals surface area contributed by atoms with Crippen molar-refractivity contribution >= 4 is 11.6 Å². The zero-order valence-corrected chi connectivity index (χ0v) is 11.8. The van der Waals surface area contributed by atoms with Crippen LogP contribution in [-0.4, -0.2) is 50.3 Å². The van der Waals surface area contributed by atoms with Gasteiger partial charge in [-0.2, -0.15) is 0 Å². The van der Waals surface area contributed by atoms with E-state index in [4.69, 9.17) is 9.47 Å². The summed E-state index contributed by atoms with van der Waals surface area (Å²) in [5.74, 6) is -0.395. The molecule has 1 N–H and O–H groups in total. The summed E-state index contributed by atoms with van der Waals surface area (Å²) in [6.07, 6.45) is 1.13. The molecule has 5 nitrogen and oxygen atoms in total. The van der Waals surface area contributed by atoms with Gasteiger partial charge >= 0.3 is 0 Å². The third-order valence-corrected chi connectivity index (χ3v) is 3.15. The molecule has 6 heteroatoms. The van der Waals surface area contributed by atoms with Gasteiger partial charge in [0.2, 0.25) is 5.91 Å². The number of anilines is 1. The van der Waals surface area contributed by atoms with E-state index in [1.165, 1.54) is 18.2 Å². The molecular weight excluding hydrogens is 275 g/mol. The minimum Gasteiger partial charge on any atom is -0.490 e. The number of hydrogen-bond donors (Lipinski definition) is 1. The highest BCUT2D eigenvalue weighted by Gasteiger charge is 2.11. The average Bonchev–Trinajstić information content (AvgIpc) is 2.50. The van der Waals surface area contributed by atoms with Crippen molar-refractivity contribution in [1.29, 1.82) is 0 Å². The number of nitrogens with one attached hydrogen (secondary N) is 1. The Morgan fingerprint density at radius 1 is 1.48 bits per heavy atom. The monoisotopic (exact) mass is 294 g/mol. The van der Waals surface area contributed by atoms with E-state index in [2.05, 4.69) is 16.8 Å². The predicted octanol–water partition coefficient (Wildman–Crippen LogP) is 1.66. The van der Waals surface area contributed by atoms with Crippen molar-refractivity contribution < 1.29 is 18.7 Å². The van der Waals surface area contributed by atoms with Gasteiger partial charge in [-0.15, -0.1) is 0 Å². The van der Waals surface area contributed by atoms with Gasteiger partial charge < -0.3 is 14.8 Å². The molecule has 1 aromatic carbocycles. The van der Waals surface area contributed by atoms with Gasteiger partial charge in [-0.05, 0) is 18.2 Å². The number of carbonyl (C=O) groups excluding carboxylic acids is 1. The lowest BCUT2D eigenvalue weighted by Crippen LogP contribution is -2.38. The Morgan fingerprint density at radius 2 is 2.24 bits per heavy atom. The van der Waals surface area contributed by atoms with E-state index in [0.717, 1.165) is 38.9 Å². The van der Waals surface area contributed by atoms with Gasteiger partial charge in [0.25, 0.3) is 0 Å². The van der Waals surface area contributed by atoms with Crippen molar-refractivity contribution in [3.8, 4) is 5.75 Å². The van der Waals surface area contributed by atoms with Crippen LogP contribution in [0.3, 0.4) is 0 Å². The van der Waals surface area contributed by atoms with E-state index in [0.29, 0.717) is 18.0 Å². The molecule has 1 saturated heterocycles. The van der Waals surface area contributed by atoms with Crippen molar-refractivity contribution in [2.24, 2.45) is 0 Å². The molecule has 114 valence electrons. The fraction of sp³-hybridized carbons (Fsp3) is 0.400. The maximum atomic E-state index is 13.3. The first kappa shape index (κ1) is 15.5. The molecule has 1 amide bonds. The van der Waals surface area contributed by atoms with Gasteiger partial charge in [-0.1, -0.05) is 6.58 Å². The van der Waals surface area contributed by atoms with E-state index in [9.17, 15) is 9.18 Å². The van der Waals surface area contributed by atoms with Crippen molar-refractivity contribution in [3.63, 3.8) is 0 Å². The van der Waals surface area contributed by atoms with Gasteiger partial charge in [0.15, 0.2) is 0 Å². The lowest BCUT2D eigenvalue weighted by atomic mass is 10.2. The second-order valence-corrected chi connectivity index (χ2v) is 4.64. The number of hydrogen-bond acceptors (Lipinski definition) is 4. The van der Waals surface area contributed by atoms with Crippen LogP contribution >= 0.6 is 0 Å². The molecule has 21 heavy (non-hydrogen) atoms. The molecule has 0 saturated carbocycles. The van der Waals surface area contributed by atoms with Gasteiger partial charge in [0.05, 0.1) is 18.9 Å². The highest BCUT2D eigenvalue weighted by atomic mass is 19.1. The summed E-state index contributed by atoms with van der Waals surface area (Å²) < 4.78 is 24.2. The fourth-order valence-electron chi connectivity index (χ4n) is 2.02. The van der Waals surface area contributed by atoms with Crippen molar-refractivity contribution in [2.75, 3.05) is 44.8 Å². The van der Waals surface area contributed by atoms with Crippen LogP contribution in [0.2, 0.25) is 0 Å². The summed E-state index contributed by atoms with van der Waals surface area (Å²) in [4.78, 5) is 13.6. The topological polar surface area (TPSA) is 50.8 Å². The highest BCUT2D eigenvalue weighted by Crippen LogP contribution is 2.25. The predicted molar refractivity (Wildman–Crippen MR) is 78.0 cm³/mol. The summed E-state index contributed by atoms with van der Waals surface area (Å²) in [6.45, 7) is 7.82. The number of morpholine rings is 1. The minimum atomic E-state index is -0.435. The van der Waals surface area contributed by atoms with Crippen LogP contribution in [0.1, 0.15) is 0 Å². The minimum absolute atomic E-state index is 0.307. The number of benzene rings is 1. The average molecular weight is 294 g/mol. The molecule has 0 bridgehead atoms. The van der Waals surface area contributed by atoms with Gasteiger partial charge in [0.1, 0.15) is 18.2 Å². The molecule has 1 fully saturated rings. The smallest absolute Gasteiger partial charge is 0.247 e. The lowest BCUT2D eigenvalue weighted by molar-refractivity contribution is -0.111. The number of rotatable bonds is 6. The third kappa shape index (κ3) is 4.84. The van der Waals surface area contributed by atoms with Crippen LogP contribution in [-0.2, 0) is 9.53 Å². The first-order valence-electron chi connectivity index (χ1n) is 6.85. The number of amides is 1. The molecule has 1 aliphatic rings. The molecule has 1 aliphatic heterocycles. The molecule has 0 aliphatic carbocycles. The number of halogens is 1. The number of nitrogens with zero attached hydrogens (tertiary/aromatic N) is 1. The van der Waals surface area contributed by atoms with E-state index >= 15 is 0 Å². The molecule has 1 aromatic rings. The van der Waals surface area contributed by atoms with Crippen LogP contribution in [0.25, 0.3) is 0 Å². The van der Waals surface area contributed by atoms with Crippen LogP contribution in [0, 0.1) is 5.82 Å². The summed E-state index contributed by atoms with van der Waals surface area (Å²) in [7, 11) is 0. The molecule has 0 atom stereocenters. The Morgan fingerprint density at radius 3 is 2.95 bits per heavy atom. The molecular formula is C15H19FN2O3. The Balaban J connectivity index is 1.91. The zero-order valence-electron chi connectivity index (χ0n) is 11.8. The lowest BCUT2D eigenvalue weighted by Gasteiger charge is -2.26. The van der Waals surface area contributed by atoms with Gasteiger partial charge in [-0.3, -0.25) is 9.69 Å². The fourth-order valence-corrected chi connectivity index (χ4v) is 2.02. The first-order valence-corrected chi connectivity index (χ1v) is 6.85. The summed E-state index contributed by atoms with van der Waals surface area (Å²) >= 11 is 0. The summed E-state index contributed by atoms with van der Waals surface area (Å²) in [5.41, 5.74) is 0.307. The van der Waals surface area contributed by atoms with Crippen molar-refractivity contribution in [1.82, 2.24) is 4.90 Å². The van der Waals surface area contributed by atoms with Crippen LogP contribution in [0.5, 0.6) is 5.75 Å². The highest BCUT2D eigenvalue weighted by molar-refractivity contribution is 5.99. The van der Waals surface area contributed by atoms with E-state index in [-0.39, 0.29) is 0 Å². The van der Waals surface area contributed by atoms with Gasteiger partial charge in [-0.25, -0.2) is 4.39 Å². The number of ether oxygens (including phenoxy) is 2. The molecule has 0 radical (unpaired) electrons. The molecule has 0 spiro atoms. The third-order valence-electron chi connectivity index (χ3n) is 3.15. The van der Waals surface area contributed by atoms with E-state index in [1.54, 1.807) is 0 Å². The Hall–Kier alpha value is -1.92. The first-order chi connectivity index (χ1) is 10.2. The van der Waals surface area contributed by atoms with E-state index < -0.39 is 11.7 Å². The largest absolute Gasteiger partial charge is 0.490 e. The zero-order chi connectivity index (χ0) is 15.1.